The van der Waals surface area contributed by atoms with Crippen LogP contribution in [0.4, 0.5) is 0 Å². The van der Waals surface area contributed by atoms with E-state index in [4.69, 9.17) is 14.5 Å². The number of thiophene rings is 1. The predicted octanol–water partition coefficient (Wildman–Crippen LogP) is 4.06. The third kappa shape index (κ3) is 4.71. The Hall–Kier alpha value is -2.16. The first-order valence-electron chi connectivity index (χ1n) is 10.4. The van der Waals surface area contributed by atoms with E-state index in [1.165, 1.54) is 30.2 Å². The molecule has 0 radical (unpaired) electrons. The molecule has 1 aromatic carbocycles. The van der Waals surface area contributed by atoms with E-state index < -0.39 is 0 Å². The van der Waals surface area contributed by atoms with E-state index in [-0.39, 0.29) is 23.4 Å². The maximum atomic E-state index is 13.7. The Morgan fingerprint density at radius 2 is 2.13 bits per heavy atom. The molecule has 2 aromatic heterocycles. The second-order valence-corrected chi connectivity index (χ2v) is 9.96. The highest BCUT2D eigenvalue weighted by atomic mass is 32.2. The topological polar surface area (TPSA) is 70.4 Å². The molecule has 0 amide bonds. The molecule has 0 bridgehead atoms. The summed E-state index contributed by atoms with van der Waals surface area (Å²) in [4.78, 5) is 32.0. The molecule has 3 aromatic rings. The fourth-order valence-electron chi connectivity index (χ4n) is 3.74. The molecule has 0 unspecified atom stereocenters. The van der Waals surface area contributed by atoms with Crippen LogP contribution < -0.4 is 5.56 Å². The SMILES string of the molecule is COC(=O)CSc1nc2sc3c(c2c(=O)n1CCc1ccccc1)C[C@H](C(C)C)OC3. The standard InChI is InChI=1S/C23H26N2O4S2/c1-14(2)17-11-16-18(12-29-17)31-21-20(16)22(27)25(10-9-15-7-5-4-6-8-15)23(24-21)30-13-19(26)28-3/h4-8,14,17H,9-13H2,1-3H3/t17-/m1/s1. The number of aromatic nitrogens is 2. The number of rotatable bonds is 7. The average molecular weight is 459 g/mol. The summed E-state index contributed by atoms with van der Waals surface area (Å²) in [5.74, 6) is 0.155. The van der Waals surface area contributed by atoms with Gasteiger partial charge in [0, 0.05) is 17.8 Å². The molecule has 0 aliphatic carbocycles. The molecule has 164 valence electrons. The van der Waals surface area contributed by atoms with Crippen LogP contribution in [0, 0.1) is 5.92 Å². The number of ether oxygens (including phenoxy) is 2. The lowest BCUT2D eigenvalue weighted by Crippen LogP contribution is -2.29. The minimum absolute atomic E-state index is 0.0322. The number of nitrogens with zero attached hydrogens (tertiary/aromatic N) is 2. The highest BCUT2D eigenvalue weighted by molar-refractivity contribution is 7.99. The first kappa shape index (κ1) is 22.0. The zero-order valence-corrected chi connectivity index (χ0v) is 19.6. The molecule has 0 saturated heterocycles. The van der Waals surface area contributed by atoms with Crippen LogP contribution in [0.25, 0.3) is 10.2 Å². The van der Waals surface area contributed by atoms with Crippen molar-refractivity contribution in [3.05, 3.63) is 56.7 Å². The molecule has 0 saturated carbocycles. The smallest absolute Gasteiger partial charge is 0.316 e. The summed E-state index contributed by atoms with van der Waals surface area (Å²) in [7, 11) is 1.36. The number of hydrogen-bond donors (Lipinski definition) is 0. The molecule has 3 heterocycles. The normalized spacial score (nSPS) is 15.9. The van der Waals surface area contributed by atoms with Crippen LogP contribution in [0.2, 0.25) is 0 Å². The van der Waals surface area contributed by atoms with Gasteiger partial charge >= 0.3 is 5.97 Å². The highest BCUT2D eigenvalue weighted by Crippen LogP contribution is 2.35. The van der Waals surface area contributed by atoms with Gasteiger partial charge in [-0.3, -0.25) is 14.2 Å². The Morgan fingerprint density at radius 3 is 2.84 bits per heavy atom. The lowest BCUT2D eigenvalue weighted by molar-refractivity contribution is -0.137. The van der Waals surface area contributed by atoms with E-state index in [1.54, 1.807) is 4.57 Å². The Kier molecular flexibility index (Phi) is 6.79. The van der Waals surface area contributed by atoms with E-state index in [2.05, 4.69) is 26.0 Å². The number of thioether (sulfide) groups is 1. The van der Waals surface area contributed by atoms with Crippen molar-refractivity contribution < 1.29 is 14.3 Å². The summed E-state index contributed by atoms with van der Waals surface area (Å²) in [6.07, 6.45) is 1.55. The zero-order chi connectivity index (χ0) is 22.0. The van der Waals surface area contributed by atoms with Gasteiger partial charge in [0.15, 0.2) is 5.16 Å². The van der Waals surface area contributed by atoms with Crippen LogP contribution in [0.3, 0.4) is 0 Å². The predicted molar refractivity (Wildman–Crippen MR) is 124 cm³/mol. The summed E-state index contributed by atoms with van der Waals surface area (Å²) in [6, 6.07) is 10.1. The van der Waals surface area contributed by atoms with Gasteiger partial charge in [-0.25, -0.2) is 4.98 Å². The average Bonchev–Trinajstić information content (AvgIpc) is 3.15. The van der Waals surface area contributed by atoms with Crippen molar-refractivity contribution in [1.82, 2.24) is 9.55 Å². The lowest BCUT2D eigenvalue weighted by Gasteiger charge is -2.26. The number of carbonyl (C=O) groups excluding carboxylic acids is 1. The van der Waals surface area contributed by atoms with E-state index in [0.29, 0.717) is 36.0 Å². The van der Waals surface area contributed by atoms with Crippen molar-refractivity contribution in [3.63, 3.8) is 0 Å². The molecule has 6 nitrogen and oxygen atoms in total. The number of aryl methyl sites for hydroxylation is 1. The van der Waals surface area contributed by atoms with E-state index in [0.717, 1.165) is 27.3 Å². The summed E-state index contributed by atoms with van der Waals surface area (Å²) in [5.41, 5.74) is 2.20. The van der Waals surface area contributed by atoms with Crippen LogP contribution in [0.15, 0.2) is 40.3 Å². The summed E-state index contributed by atoms with van der Waals surface area (Å²) < 4.78 is 12.5. The molecular weight excluding hydrogens is 432 g/mol. The Bertz CT molecular complexity index is 1140. The first-order valence-corrected chi connectivity index (χ1v) is 12.2. The van der Waals surface area contributed by atoms with Crippen LogP contribution in [0.5, 0.6) is 0 Å². The summed E-state index contributed by atoms with van der Waals surface area (Å²) in [5, 5.41) is 1.27. The second kappa shape index (κ2) is 9.54. The fourth-order valence-corrected chi connectivity index (χ4v) is 5.77. The monoisotopic (exact) mass is 458 g/mol. The summed E-state index contributed by atoms with van der Waals surface area (Å²) in [6.45, 7) is 5.31. The lowest BCUT2D eigenvalue weighted by atomic mass is 9.96. The van der Waals surface area contributed by atoms with Gasteiger partial charge in [0.1, 0.15) is 4.83 Å². The molecule has 8 heteroatoms. The van der Waals surface area contributed by atoms with Crippen LogP contribution >= 0.6 is 23.1 Å². The minimum atomic E-state index is -0.340. The number of hydrogen-bond acceptors (Lipinski definition) is 7. The molecule has 1 aliphatic heterocycles. The maximum Gasteiger partial charge on any atom is 0.316 e. The largest absolute Gasteiger partial charge is 0.468 e. The van der Waals surface area contributed by atoms with Gasteiger partial charge in [0.25, 0.3) is 5.56 Å². The fraction of sp³-hybridized carbons (Fsp3) is 0.435. The van der Waals surface area contributed by atoms with Crippen LogP contribution in [-0.2, 0) is 40.3 Å². The van der Waals surface area contributed by atoms with Gasteiger partial charge in [-0.1, -0.05) is 55.9 Å². The van der Waals surface area contributed by atoms with Crippen LogP contribution in [-0.4, -0.2) is 34.5 Å². The molecule has 0 spiro atoms. The van der Waals surface area contributed by atoms with E-state index in [9.17, 15) is 9.59 Å². The number of benzene rings is 1. The van der Waals surface area contributed by atoms with Crippen molar-refractivity contribution in [3.8, 4) is 0 Å². The minimum Gasteiger partial charge on any atom is -0.468 e. The van der Waals surface area contributed by atoms with Gasteiger partial charge in [0.2, 0.25) is 0 Å². The Labute approximate surface area is 189 Å². The Morgan fingerprint density at radius 1 is 1.35 bits per heavy atom. The van der Waals surface area contributed by atoms with E-state index >= 15 is 0 Å². The molecule has 0 fully saturated rings. The molecule has 0 N–H and O–H groups in total. The quantitative estimate of drug-likeness (QED) is 0.302. The van der Waals surface area contributed by atoms with Crippen molar-refractivity contribution >= 4 is 39.3 Å². The van der Waals surface area contributed by atoms with Crippen molar-refractivity contribution in [2.75, 3.05) is 12.9 Å². The van der Waals surface area contributed by atoms with Gasteiger partial charge in [0.05, 0.1) is 31.0 Å². The second-order valence-electron chi connectivity index (χ2n) is 7.93. The van der Waals surface area contributed by atoms with Crippen molar-refractivity contribution in [2.45, 2.75) is 51.1 Å². The molecule has 1 aliphatic rings. The van der Waals surface area contributed by atoms with Crippen LogP contribution in [0.1, 0.15) is 29.9 Å². The van der Waals surface area contributed by atoms with Crippen molar-refractivity contribution in [2.24, 2.45) is 5.92 Å². The van der Waals surface area contributed by atoms with Gasteiger partial charge in [-0.2, -0.15) is 0 Å². The molecule has 1 atom stereocenters. The molecule has 31 heavy (non-hydrogen) atoms. The highest BCUT2D eigenvalue weighted by Gasteiger charge is 2.28. The summed E-state index contributed by atoms with van der Waals surface area (Å²) >= 11 is 2.77. The van der Waals surface area contributed by atoms with Crippen molar-refractivity contribution in [1.29, 1.82) is 0 Å². The van der Waals surface area contributed by atoms with E-state index in [1.807, 2.05) is 18.2 Å². The maximum absolute atomic E-state index is 13.7. The zero-order valence-electron chi connectivity index (χ0n) is 17.9. The molecular formula is C23H26N2O4S2. The number of fused-ring (bicyclic) bond motifs is 3. The molecule has 4 rings (SSSR count). The Balaban J connectivity index is 1.75. The first-order chi connectivity index (χ1) is 15.0. The third-order valence-electron chi connectivity index (χ3n) is 5.55. The number of carbonyl (C=O) groups is 1. The number of methoxy groups -OCH3 is 1. The van der Waals surface area contributed by atoms with Gasteiger partial charge < -0.3 is 9.47 Å². The van der Waals surface area contributed by atoms with Gasteiger partial charge in [-0.05, 0) is 23.5 Å². The third-order valence-corrected chi connectivity index (χ3v) is 7.60. The number of esters is 1. The van der Waals surface area contributed by atoms with Gasteiger partial charge in [-0.15, -0.1) is 11.3 Å².